The molecule has 0 spiro atoms. The van der Waals surface area contributed by atoms with Gasteiger partial charge in [-0.25, -0.2) is 0 Å². The quantitative estimate of drug-likeness (QED) is 0.616. The third-order valence-corrected chi connectivity index (χ3v) is 3.59. The minimum atomic E-state index is -1.42. The van der Waals surface area contributed by atoms with Crippen LogP contribution in [0.3, 0.4) is 0 Å². The zero-order chi connectivity index (χ0) is 16.6. The summed E-state index contributed by atoms with van der Waals surface area (Å²) in [5.41, 5.74) is 8.91. The fourth-order valence-corrected chi connectivity index (χ4v) is 2.44. The third-order valence-electron chi connectivity index (χ3n) is 2.26. The van der Waals surface area contributed by atoms with Gasteiger partial charge in [-0.15, -0.1) is 0 Å². The number of nitrogen functional groups attached to an aromatic ring is 1. The Kier molecular flexibility index (Phi) is 3.12. The molecule has 0 atom stereocenters. The maximum Gasteiger partial charge on any atom is 0.212 e. The highest BCUT2D eigenvalue weighted by Gasteiger charge is 2.17. The third kappa shape index (κ3) is 3.11. The summed E-state index contributed by atoms with van der Waals surface area (Å²) in [6, 6.07) is 2.94. The van der Waals surface area contributed by atoms with Crippen LogP contribution in [0.15, 0.2) is 39.3 Å². The molecule has 4 nitrogen and oxygen atoms in total. The molecule has 0 saturated carbocycles. The van der Waals surface area contributed by atoms with E-state index in [-0.39, 0.29) is 33.4 Å². The van der Waals surface area contributed by atoms with Crippen molar-refractivity contribution in [3.05, 3.63) is 44.3 Å². The number of hydrogen-bond donors (Lipinski definition) is 2. The normalized spacial score (nSPS) is 18.2. The number of anilines is 1. The molecule has 102 valence electrons. The van der Waals surface area contributed by atoms with E-state index in [2.05, 4.69) is 21.4 Å². The molecule has 1 aromatic rings. The molecule has 0 unspecified atom stereocenters. The number of hydrazine groups is 1. The zero-order valence-corrected chi connectivity index (χ0v) is 12.9. The van der Waals surface area contributed by atoms with Crippen LogP contribution >= 0.6 is 39.1 Å². The van der Waals surface area contributed by atoms with E-state index in [0.717, 1.165) is 0 Å². The van der Waals surface area contributed by atoms with Gasteiger partial charge in [-0.05, 0) is 40.5 Å². The lowest BCUT2D eigenvalue weighted by Crippen LogP contribution is -2.36. The monoisotopic (exact) mass is 366 g/mol. The first-order valence-corrected chi connectivity index (χ1v) is 6.65. The second-order valence-electron chi connectivity index (χ2n) is 3.75. The average molecular weight is 368 g/mol. The molecule has 0 radical (unpaired) electrons. The Morgan fingerprint density at radius 2 is 2.26 bits per heavy atom. The summed E-state index contributed by atoms with van der Waals surface area (Å²) in [6.45, 7) is -1.42. The van der Waals surface area contributed by atoms with Crippen molar-refractivity contribution >= 4 is 44.8 Å². The number of nitrogens with one attached hydrogen (secondary N) is 1. The number of nitrogens with two attached hydrogens (primary N) is 1. The molecule has 1 aliphatic heterocycles. The first kappa shape index (κ1) is 10.7. The molecule has 2 rings (SSSR count). The fourth-order valence-electron chi connectivity index (χ4n) is 1.41. The van der Waals surface area contributed by atoms with Crippen molar-refractivity contribution in [1.29, 1.82) is 0 Å². The van der Waals surface area contributed by atoms with E-state index >= 15 is 0 Å². The van der Waals surface area contributed by atoms with Gasteiger partial charge in [0.25, 0.3) is 0 Å². The van der Waals surface area contributed by atoms with Gasteiger partial charge >= 0.3 is 0 Å². The number of halogens is 3. The average Bonchev–Trinajstić information content (AvgIpc) is 2.39. The van der Waals surface area contributed by atoms with Crippen molar-refractivity contribution in [3.63, 3.8) is 0 Å². The predicted octanol–water partition coefficient (Wildman–Crippen LogP) is 3.83. The maximum atomic E-state index is 8.07. The van der Waals surface area contributed by atoms with Crippen LogP contribution in [0.4, 0.5) is 5.69 Å². The van der Waals surface area contributed by atoms with Gasteiger partial charge in [0.2, 0.25) is 5.88 Å². The Labute approximate surface area is 134 Å². The van der Waals surface area contributed by atoms with Gasteiger partial charge in [-0.3, -0.25) is 10.4 Å². The Hall–Kier alpha value is -1.04. The van der Waals surface area contributed by atoms with Gasteiger partial charge in [-0.2, -0.15) is 0 Å². The molecule has 0 aromatic heterocycles. The summed E-state index contributed by atoms with van der Waals surface area (Å²) in [5.74, 6) is 0.277. The molecule has 0 fully saturated rings. The second-order valence-corrected chi connectivity index (χ2v) is 5.36. The first-order chi connectivity index (χ1) is 10.2. The van der Waals surface area contributed by atoms with Crippen molar-refractivity contribution in [1.82, 2.24) is 10.4 Å². The van der Waals surface area contributed by atoms with Crippen molar-refractivity contribution in [2.24, 2.45) is 0 Å². The van der Waals surface area contributed by atoms with E-state index in [1.165, 1.54) is 11.1 Å². The molecular weight excluding hydrogens is 353 g/mol. The molecule has 19 heavy (non-hydrogen) atoms. The number of rotatable bonds is 2. The SMILES string of the molecule is [2H]C1=C(Oc2c(Cl)cc(N)cc2Br)NN(C)C(Cl)=C1C([2H])[2H]. The second kappa shape index (κ2) is 5.53. The number of hydrogen-bond acceptors (Lipinski definition) is 4. The van der Waals surface area contributed by atoms with Crippen molar-refractivity contribution in [2.75, 3.05) is 12.8 Å². The number of benzene rings is 1. The highest BCUT2D eigenvalue weighted by atomic mass is 79.9. The van der Waals surface area contributed by atoms with E-state index in [0.29, 0.717) is 10.2 Å². The lowest BCUT2D eigenvalue weighted by Gasteiger charge is -2.27. The zero-order valence-electron chi connectivity index (χ0n) is 12.8. The Morgan fingerprint density at radius 3 is 2.89 bits per heavy atom. The molecule has 3 N–H and O–H groups in total. The largest absolute Gasteiger partial charge is 0.437 e. The highest BCUT2D eigenvalue weighted by Crippen LogP contribution is 2.36. The van der Waals surface area contributed by atoms with Crippen molar-refractivity contribution < 1.29 is 8.85 Å². The fraction of sp³-hybridized carbons (Fsp3) is 0.167. The molecule has 0 saturated heterocycles. The van der Waals surface area contributed by atoms with Gasteiger partial charge in [0.15, 0.2) is 5.75 Å². The summed E-state index contributed by atoms with van der Waals surface area (Å²) < 4.78 is 29.2. The summed E-state index contributed by atoms with van der Waals surface area (Å²) >= 11 is 15.4. The molecule has 7 heteroatoms. The Bertz CT molecular complexity index is 659. The van der Waals surface area contributed by atoms with E-state index in [1.807, 2.05) is 0 Å². The van der Waals surface area contributed by atoms with Crippen LogP contribution < -0.4 is 15.9 Å². The van der Waals surface area contributed by atoms with Crippen LogP contribution in [0.25, 0.3) is 0 Å². The summed E-state index contributed by atoms with van der Waals surface area (Å²) in [7, 11) is 1.58. The highest BCUT2D eigenvalue weighted by molar-refractivity contribution is 9.10. The van der Waals surface area contributed by atoms with Gasteiger partial charge < -0.3 is 10.5 Å². The minimum Gasteiger partial charge on any atom is -0.437 e. The molecular formula is C12H12BrCl2N3O. The summed E-state index contributed by atoms with van der Waals surface area (Å²) in [5, 5.41) is 1.71. The van der Waals surface area contributed by atoms with E-state index in [9.17, 15) is 0 Å². The molecule has 1 aromatic carbocycles. The minimum absolute atomic E-state index is 0.0128. The standard InChI is InChI=1S/C12H12BrCl2N3O/c1-6-3-10(17-18(2)12(6)15)19-11-8(13)4-7(16)5-9(11)14/h3-5,17H,16H2,1-2H3/i1D2,3D. The van der Waals surface area contributed by atoms with Crippen LogP contribution in [0, 0.1) is 0 Å². The van der Waals surface area contributed by atoms with Crippen molar-refractivity contribution in [3.8, 4) is 5.75 Å². The van der Waals surface area contributed by atoms with Crippen LogP contribution in [0.5, 0.6) is 5.75 Å². The van der Waals surface area contributed by atoms with E-state index < -0.39 is 6.88 Å². The first-order valence-electron chi connectivity index (χ1n) is 6.76. The number of allylic oxidation sites excluding steroid dienone is 2. The molecule has 0 amide bonds. The molecule has 1 aliphatic rings. The smallest absolute Gasteiger partial charge is 0.212 e. The summed E-state index contributed by atoms with van der Waals surface area (Å²) in [6.07, 6.45) is 0. The lowest BCUT2D eigenvalue weighted by molar-refractivity contribution is 0.254. The number of ether oxygens (including phenoxy) is 1. The predicted molar refractivity (Wildman–Crippen MR) is 81.7 cm³/mol. The van der Waals surface area contributed by atoms with Crippen LogP contribution in [0.1, 0.15) is 11.0 Å². The topological polar surface area (TPSA) is 50.5 Å². The maximum absolute atomic E-state index is 8.07. The molecule has 1 heterocycles. The number of nitrogens with zero attached hydrogens (tertiary/aromatic N) is 1. The lowest BCUT2D eigenvalue weighted by atomic mass is 10.3. The van der Waals surface area contributed by atoms with Gasteiger partial charge in [0.05, 0.1) is 10.9 Å². The van der Waals surface area contributed by atoms with Gasteiger partial charge in [0.1, 0.15) is 5.16 Å². The summed E-state index contributed by atoms with van der Waals surface area (Å²) in [4.78, 5) is 0. The van der Waals surface area contributed by atoms with E-state index in [4.69, 9.17) is 37.8 Å². The van der Waals surface area contributed by atoms with E-state index in [1.54, 1.807) is 13.1 Å². The Balaban J connectivity index is 2.46. The Morgan fingerprint density at radius 1 is 1.53 bits per heavy atom. The molecule has 0 aliphatic carbocycles. The van der Waals surface area contributed by atoms with Crippen LogP contribution in [-0.2, 0) is 0 Å². The van der Waals surface area contributed by atoms with Crippen molar-refractivity contribution in [2.45, 2.75) is 6.88 Å². The van der Waals surface area contributed by atoms with Gasteiger partial charge in [-0.1, -0.05) is 23.2 Å². The molecule has 0 bridgehead atoms. The van der Waals surface area contributed by atoms with Gasteiger partial charge in [0, 0.05) is 21.5 Å². The van der Waals surface area contributed by atoms with Crippen LogP contribution in [0.2, 0.25) is 5.02 Å². The van der Waals surface area contributed by atoms with Crippen LogP contribution in [-0.4, -0.2) is 12.1 Å².